The first kappa shape index (κ1) is 53.6. The first-order chi connectivity index (χ1) is 83.1. The largest absolute Gasteiger partial charge is 0.455 e. The van der Waals surface area contributed by atoms with Gasteiger partial charge in [-0.05, 0) is 223 Å². The van der Waals surface area contributed by atoms with Crippen molar-refractivity contribution in [1.29, 1.82) is 0 Å². The van der Waals surface area contributed by atoms with Crippen LogP contribution >= 0.6 is 0 Å². The molecule has 0 saturated carbocycles. The topological polar surface area (TPSA) is 39.4 Å². The molecular formula is C136H86O3. The molecule has 3 heterocycles. The van der Waals surface area contributed by atoms with Gasteiger partial charge in [0.05, 0.1) is 46.6 Å². The lowest BCUT2D eigenvalue weighted by molar-refractivity contribution is 0.669. The Hall–Kier alpha value is -18.3. The Morgan fingerprint density at radius 2 is 0.410 bits per heavy atom. The molecule has 0 radical (unpaired) electrons. The zero-order valence-corrected chi connectivity index (χ0v) is 73.2. The minimum Gasteiger partial charge on any atom is -0.455 e. The van der Waals surface area contributed by atoms with E-state index in [0.29, 0.717) is 88.2 Å². The van der Waals surface area contributed by atoms with Gasteiger partial charge < -0.3 is 13.3 Å². The van der Waals surface area contributed by atoms with Crippen molar-refractivity contribution >= 4 is 141 Å². The molecule has 0 atom stereocenters. The van der Waals surface area contributed by atoms with Crippen LogP contribution in [0.25, 0.3) is 275 Å². The fraction of sp³-hybridized carbons (Fsp3) is 0. The standard InChI is InChI=1S/C50H32O.C44H28O.C42H26O/c1-4-16-33(17-5-1)36-30-31-37(34-18-6-2-7-19-34)45(32-36)42-26-14-28-44-49-43(27-15-29-46(49)51-50(42)44)48-40-24-12-10-22-38(40)47(35-20-8-3-9-21-35)39-23-11-13-25-41(39)48;1-3-14-29(15-4-1)31-18-11-19-32(28-31)33-24-12-26-39-43-38(25-13-27-40(43)45-44(33)39)42-36-22-9-7-20-34(36)41(30-16-5-2-6-17-30)35-21-8-10-23-37(35)42;1-2-14-28(15-3-1)39-31-18-6-8-20-33(31)40(34-21-9-7-19-32(34)39)36-24-12-26-38-41(36)37-25-11-23-35(42(37)43-38)30-22-10-16-27-13-4-5-17-29(27)30/h1-32H;1-28H;1-26H/i10D,11D,12D,13D,22D,23D,24D,25D;2D,5D,6D,7D,8D,9D,10D,16D,17D,20D,21D,22D,23D;1D,2D,3D,6D,7D,8D,9D,14D,15D,18D,19D,20D,21D. The van der Waals surface area contributed by atoms with E-state index >= 15 is 0 Å². The van der Waals surface area contributed by atoms with Gasteiger partial charge in [-0.1, -0.05) is 491 Å². The second-order valence-corrected chi connectivity index (χ2v) is 33.5. The summed E-state index contributed by atoms with van der Waals surface area (Å²) in [7, 11) is 0. The van der Waals surface area contributed by atoms with Gasteiger partial charge in [-0.15, -0.1) is 0 Å². The van der Waals surface area contributed by atoms with Crippen molar-refractivity contribution in [2.45, 2.75) is 0 Å². The molecule has 28 aromatic rings. The number of para-hydroxylation sites is 3. The SMILES string of the molecule is [2H]c1c([2H])c([2H])c(-c2c3c([2H])c([2H])c([2H])c([2H])c3c(-c3cccc4oc5c(-c6cccc(-c7ccccc7)c6)cccc5c34)c3c([2H])c([2H])c([2H])c([2H])c23)c([2H])c1[2H].[2H]c1c([2H])c([2H])c(-c2c3c([2H])c([2H])c([2H])c([2H])c3c(-c3cccc4oc5c(-c6cccc7ccccc67)cccc5c34)c3c([2H])c([2H])c([2H])c([2H])c23)c([2H])c1[2H].[2H]c1c([2H])c([2H])c2c(-c3cccc4oc5c(-c6cc(-c7ccccc7)ccc6-c6ccccc6)cccc5c34)c3c([2H])c([2H])c([2H])c([2H])c3c(-c3ccccc3)c2c1[2H]. The monoisotopic (exact) mass is 1800 g/mol. The smallest absolute Gasteiger partial charge is 0.143 e. The second-order valence-electron chi connectivity index (χ2n) is 33.5. The summed E-state index contributed by atoms with van der Waals surface area (Å²) >= 11 is 0. The van der Waals surface area contributed by atoms with Crippen LogP contribution in [-0.2, 0) is 0 Å². The van der Waals surface area contributed by atoms with Crippen LogP contribution in [0.5, 0.6) is 0 Å². The maximum absolute atomic E-state index is 9.44. The van der Waals surface area contributed by atoms with Gasteiger partial charge in [0.1, 0.15) is 33.5 Å². The number of furan rings is 3. The highest BCUT2D eigenvalue weighted by molar-refractivity contribution is 6.31. The summed E-state index contributed by atoms with van der Waals surface area (Å²) in [5.74, 6) is 0. The lowest BCUT2D eigenvalue weighted by Gasteiger charge is -2.18. The summed E-state index contributed by atoms with van der Waals surface area (Å²) in [6.45, 7) is 0. The van der Waals surface area contributed by atoms with E-state index < -0.39 is 192 Å². The van der Waals surface area contributed by atoms with Crippen LogP contribution in [0.2, 0.25) is 0 Å². The van der Waals surface area contributed by atoms with Gasteiger partial charge in [0.25, 0.3) is 0 Å². The summed E-state index contributed by atoms with van der Waals surface area (Å²) in [5, 5.41) is 4.72. The van der Waals surface area contributed by atoms with Crippen molar-refractivity contribution in [3.05, 3.63) is 521 Å². The molecule has 0 aliphatic carbocycles. The fourth-order valence-electron chi connectivity index (χ4n) is 20.1. The molecule has 0 bridgehead atoms. The van der Waals surface area contributed by atoms with Crippen LogP contribution in [-0.4, -0.2) is 0 Å². The van der Waals surface area contributed by atoms with Crippen molar-refractivity contribution in [1.82, 2.24) is 0 Å². The van der Waals surface area contributed by atoms with Crippen molar-refractivity contribution in [3.63, 3.8) is 0 Å². The molecule has 648 valence electrons. The maximum atomic E-state index is 9.44. The van der Waals surface area contributed by atoms with Crippen LogP contribution in [0.3, 0.4) is 0 Å². The molecule has 0 saturated heterocycles. The van der Waals surface area contributed by atoms with Gasteiger partial charge in [-0.3, -0.25) is 0 Å². The van der Waals surface area contributed by atoms with Crippen LogP contribution in [0.1, 0.15) is 46.6 Å². The maximum Gasteiger partial charge on any atom is 0.143 e. The fourth-order valence-corrected chi connectivity index (χ4v) is 20.1. The molecule has 28 rings (SSSR count). The van der Waals surface area contributed by atoms with E-state index in [1.54, 1.807) is 60.7 Å². The Morgan fingerprint density at radius 3 is 0.827 bits per heavy atom. The molecule has 139 heavy (non-hydrogen) atoms. The third-order valence-electron chi connectivity index (χ3n) is 25.9. The molecule has 0 spiro atoms. The molecule has 25 aromatic carbocycles. The molecule has 3 heteroatoms. The van der Waals surface area contributed by atoms with Gasteiger partial charge >= 0.3 is 0 Å². The molecule has 0 aliphatic rings. The minimum absolute atomic E-state index is 0.0462. The summed E-state index contributed by atoms with van der Waals surface area (Å²) in [6, 6.07) is 80.9. The van der Waals surface area contributed by atoms with Gasteiger partial charge in [0.2, 0.25) is 0 Å². The first-order valence-corrected chi connectivity index (χ1v) is 45.0. The predicted molar refractivity (Wildman–Crippen MR) is 589 cm³/mol. The number of hydrogen-bond donors (Lipinski definition) is 0. The van der Waals surface area contributed by atoms with Gasteiger partial charge in [0, 0.05) is 49.0 Å². The van der Waals surface area contributed by atoms with Crippen LogP contribution < -0.4 is 0 Å². The van der Waals surface area contributed by atoms with Crippen LogP contribution in [0, 0.1) is 0 Å². The van der Waals surface area contributed by atoms with Crippen molar-refractivity contribution < 1.29 is 59.9 Å². The zero-order chi connectivity index (χ0) is 121. The summed E-state index contributed by atoms with van der Waals surface area (Å²) in [5.41, 5.74) is 15.2. The highest BCUT2D eigenvalue weighted by Gasteiger charge is 2.28. The van der Waals surface area contributed by atoms with E-state index in [9.17, 15) is 16.4 Å². The van der Waals surface area contributed by atoms with Gasteiger partial charge in [0.15, 0.2) is 0 Å². The Kier molecular flexibility index (Phi) is 13.3. The molecular weight excluding hydrogens is 1680 g/mol. The summed E-state index contributed by atoms with van der Waals surface area (Å²) in [4.78, 5) is 0. The Labute approximate surface area is 851 Å². The number of rotatable bonds is 12. The quantitative estimate of drug-likeness (QED) is 0.114. The van der Waals surface area contributed by atoms with Gasteiger partial charge in [-0.25, -0.2) is 0 Å². The summed E-state index contributed by atoms with van der Waals surface area (Å²) in [6.07, 6.45) is 0. The van der Waals surface area contributed by atoms with E-state index in [4.69, 9.17) is 43.4 Å². The number of fused-ring (bicyclic) bond motifs is 16. The Bertz CT molecular complexity index is 11600. The lowest BCUT2D eigenvalue weighted by atomic mass is 9.85. The molecule has 3 aromatic heterocycles. The van der Waals surface area contributed by atoms with Gasteiger partial charge in [-0.2, -0.15) is 0 Å². The first-order valence-electron chi connectivity index (χ1n) is 62.0. The van der Waals surface area contributed by atoms with Crippen molar-refractivity contribution in [2.24, 2.45) is 0 Å². The molecule has 0 aliphatic heterocycles. The predicted octanol–water partition coefficient (Wildman–Crippen LogP) is 38.8. The van der Waals surface area contributed by atoms with Crippen molar-refractivity contribution in [2.75, 3.05) is 0 Å². The minimum atomic E-state index is -0.720. The van der Waals surface area contributed by atoms with E-state index in [-0.39, 0.29) is 117 Å². The average molecular weight is 1800 g/mol. The van der Waals surface area contributed by atoms with Crippen LogP contribution in [0.4, 0.5) is 0 Å². The third-order valence-corrected chi connectivity index (χ3v) is 25.9. The highest BCUT2D eigenvalue weighted by atomic mass is 16.3. The van der Waals surface area contributed by atoms with Crippen molar-refractivity contribution in [3.8, 4) is 134 Å². The average Bonchev–Trinajstić information content (AvgIpc) is 1.63. The lowest BCUT2D eigenvalue weighted by Crippen LogP contribution is -1.91. The Balaban J connectivity index is 0.000000126. The molecule has 0 fully saturated rings. The Morgan fingerprint density at radius 1 is 0.137 bits per heavy atom. The zero-order valence-electron chi connectivity index (χ0n) is 107. The highest BCUT2D eigenvalue weighted by Crippen LogP contribution is 2.54. The second kappa shape index (κ2) is 34.6. The molecule has 3 nitrogen and oxygen atoms in total. The molecule has 0 amide bonds. The number of benzene rings is 25. The van der Waals surface area contributed by atoms with E-state index in [0.717, 1.165) is 82.9 Å². The normalized spacial score (nSPS) is 15.0. The van der Waals surface area contributed by atoms with E-state index in [1.807, 2.05) is 206 Å². The summed E-state index contributed by atoms with van der Waals surface area (Å²) < 4.78 is 324. The van der Waals surface area contributed by atoms with E-state index in [1.165, 1.54) is 0 Å². The third kappa shape index (κ3) is 14.0. The van der Waals surface area contributed by atoms with Crippen LogP contribution in [0.15, 0.2) is 534 Å². The van der Waals surface area contributed by atoms with E-state index in [2.05, 4.69) is 48.5 Å². The molecule has 0 N–H and O–H groups in total. The molecule has 0 unspecified atom stereocenters. The number of hydrogen-bond acceptors (Lipinski definition) is 3.